The number of anilines is 1. The van der Waals surface area contributed by atoms with Gasteiger partial charge in [-0.05, 0) is 11.5 Å². The van der Waals surface area contributed by atoms with Crippen molar-refractivity contribution in [1.82, 2.24) is 9.97 Å². The van der Waals surface area contributed by atoms with Crippen LogP contribution in [0.15, 0.2) is 17.5 Å². The molecule has 0 fully saturated rings. The molecular weight excluding hydrogens is 168 g/mol. The SMILES string of the molecule is [N-]=[N+]=NCC#Cc1cnc(N)cn1. The third kappa shape index (κ3) is 3.10. The summed E-state index contributed by atoms with van der Waals surface area (Å²) in [6.07, 6.45) is 2.87. The molecule has 0 aliphatic carbocycles. The minimum atomic E-state index is 0.128. The Morgan fingerprint density at radius 3 is 3.00 bits per heavy atom. The summed E-state index contributed by atoms with van der Waals surface area (Å²) in [7, 11) is 0. The van der Waals surface area contributed by atoms with Crippen LogP contribution in [0.5, 0.6) is 0 Å². The van der Waals surface area contributed by atoms with Gasteiger partial charge in [0.1, 0.15) is 11.5 Å². The molecule has 1 aromatic heterocycles. The lowest BCUT2D eigenvalue weighted by Crippen LogP contribution is -1.92. The summed E-state index contributed by atoms with van der Waals surface area (Å²) in [4.78, 5) is 10.2. The largest absolute Gasteiger partial charge is 0.382 e. The van der Waals surface area contributed by atoms with Gasteiger partial charge in [-0.25, -0.2) is 9.97 Å². The highest BCUT2D eigenvalue weighted by molar-refractivity contribution is 5.30. The normalized spacial score (nSPS) is 8.00. The Hall–Kier alpha value is -2.25. The minimum absolute atomic E-state index is 0.128. The Morgan fingerprint density at radius 1 is 1.54 bits per heavy atom. The smallest absolute Gasteiger partial charge is 0.141 e. The number of hydrogen-bond donors (Lipinski definition) is 1. The second kappa shape index (κ2) is 4.59. The topological polar surface area (TPSA) is 101 Å². The molecule has 64 valence electrons. The van der Waals surface area contributed by atoms with Crippen molar-refractivity contribution in [1.29, 1.82) is 0 Å². The van der Waals surface area contributed by atoms with E-state index in [0.717, 1.165) is 0 Å². The zero-order chi connectivity index (χ0) is 9.52. The summed E-state index contributed by atoms with van der Waals surface area (Å²) in [6.45, 7) is 0.128. The van der Waals surface area contributed by atoms with E-state index in [0.29, 0.717) is 11.5 Å². The van der Waals surface area contributed by atoms with Crippen molar-refractivity contribution in [2.45, 2.75) is 0 Å². The number of nitrogen functional groups attached to an aromatic ring is 1. The first-order valence-electron chi connectivity index (χ1n) is 3.40. The third-order valence-corrected chi connectivity index (χ3v) is 1.10. The zero-order valence-corrected chi connectivity index (χ0v) is 6.68. The summed E-state index contributed by atoms with van der Waals surface area (Å²) in [5, 5.41) is 3.24. The molecule has 0 aromatic carbocycles. The summed E-state index contributed by atoms with van der Waals surface area (Å²) in [6, 6.07) is 0. The van der Waals surface area contributed by atoms with Crippen LogP contribution in [0.25, 0.3) is 10.4 Å². The maximum Gasteiger partial charge on any atom is 0.141 e. The molecule has 1 aromatic rings. The van der Waals surface area contributed by atoms with Gasteiger partial charge < -0.3 is 5.73 Å². The number of rotatable bonds is 1. The van der Waals surface area contributed by atoms with Crippen LogP contribution >= 0.6 is 0 Å². The van der Waals surface area contributed by atoms with Crippen molar-refractivity contribution in [2.75, 3.05) is 12.3 Å². The standard InChI is InChI=1S/C7H6N6/c8-7-5-10-6(4-11-7)2-1-3-12-13-9/h4-5H,3H2,(H2,8,11). The van der Waals surface area contributed by atoms with E-state index in [-0.39, 0.29) is 6.54 Å². The van der Waals surface area contributed by atoms with Gasteiger partial charge in [-0.2, -0.15) is 0 Å². The van der Waals surface area contributed by atoms with Crippen LogP contribution in [0.1, 0.15) is 5.69 Å². The van der Waals surface area contributed by atoms with E-state index in [1.807, 2.05) is 0 Å². The van der Waals surface area contributed by atoms with E-state index in [1.165, 1.54) is 12.4 Å². The fourth-order valence-corrected chi connectivity index (χ4v) is 0.600. The lowest BCUT2D eigenvalue weighted by atomic mass is 10.4. The molecule has 0 amide bonds. The van der Waals surface area contributed by atoms with E-state index in [1.54, 1.807) is 0 Å². The quantitative estimate of drug-likeness (QED) is 0.293. The van der Waals surface area contributed by atoms with Gasteiger partial charge in [0, 0.05) is 4.91 Å². The molecular formula is C7H6N6. The van der Waals surface area contributed by atoms with E-state index in [4.69, 9.17) is 11.3 Å². The molecule has 0 saturated carbocycles. The zero-order valence-electron chi connectivity index (χ0n) is 6.68. The molecule has 6 heteroatoms. The van der Waals surface area contributed by atoms with Crippen LogP contribution in [0.3, 0.4) is 0 Å². The van der Waals surface area contributed by atoms with E-state index >= 15 is 0 Å². The summed E-state index contributed by atoms with van der Waals surface area (Å²) in [5.41, 5.74) is 13.8. The van der Waals surface area contributed by atoms with Crippen molar-refractivity contribution in [3.05, 3.63) is 28.5 Å². The van der Waals surface area contributed by atoms with Crippen molar-refractivity contribution >= 4 is 5.82 Å². The van der Waals surface area contributed by atoms with Gasteiger partial charge in [-0.1, -0.05) is 11.0 Å². The van der Waals surface area contributed by atoms with Crippen LogP contribution in [-0.2, 0) is 0 Å². The Balaban J connectivity index is 2.66. The molecule has 13 heavy (non-hydrogen) atoms. The molecule has 0 aliphatic heterocycles. The van der Waals surface area contributed by atoms with Gasteiger partial charge in [0.05, 0.1) is 18.9 Å². The number of aromatic nitrogens is 2. The molecule has 0 bridgehead atoms. The molecule has 0 atom stereocenters. The Bertz CT molecular complexity index is 378. The summed E-state index contributed by atoms with van der Waals surface area (Å²) >= 11 is 0. The summed E-state index contributed by atoms with van der Waals surface area (Å²) in [5.74, 6) is 5.62. The van der Waals surface area contributed by atoms with E-state index < -0.39 is 0 Å². The predicted molar refractivity (Wildman–Crippen MR) is 47.3 cm³/mol. The monoisotopic (exact) mass is 174 g/mol. The van der Waals surface area contributed by atoms with E-state index in [9.17, 15) is 0 Å². The van der Waals surface area contributed by atoms with Gasteiger partial charge in [0.15, 0.2) is 0 Å². The van der Waals surface area contributed by atoms with Crippen molar-refractivity contribution < 1.29 is 0 Å². The molecule has 0 radical (unpaired) electrons. The second-order valence-corrected chi connectivity index (χ2v) is 2.02. The van der Waals surface area contributed by atoms with E-state index in [2.05, 4.69) is 31.8 Å². The molecule has 0 unspecified atom stereocenters. The number of azide groups is 1. The fraction of sp³-hybridized carbons (Fsp3) is 0.143. The Labute approximate surface area is 74.4 Å². The molecule has 2 N–H and O–H groups in total. The van der Waals surface area contributed by atoms with Crippen LogP contribution in [0, 0.1) is 11.8 Å². The first kappa shape index (κ1) is 8.84. The lowest BCUT2D eigenvalue weighted by Gasteiger charge is -1.89. The highest BCUT2D eigenvalue weighted by atomic mass is 15.1. The molecule has 6 nitrogen and oxygen atoms in total. The summed E-state index contributed by atoms with van der Waals surface area (Å²) < 4.78 is 0. The van der Waals surface area contributed by atoms with Crippen LogP contribution < -0.4 is 5.73 Å². The first-order valence-corrected chi connectivity index (χ1v) is 3.40. The molecule has 0 spiro atoms. The van der Waals surface area contributed by atoms with Crippen LogP contribution in [0.2, 0.25) is 0 Å². The number of hydrogen-bond acceptors (Lipinski definition) is 4. The molecule has 1 rings (SSSR count). The van der Waals surface area contributed by atoms with Gasteiger partial charge in [0.2, 0.25) is 0 Å². The van der Waals surface area contributed by atoms with Gasteiger partial charge in [-0.15, -0.1) is 0 Å². The maximum absolute atomic E-state index is 7.95. The highest BCUT2D eigenvalue weighted by Gasteiger charge is 1.87. The molecule has 0 saturated heterocycles. The predicted octanol–water partition coefficient (Wildman–Crippen LogP) is 0.721. The Kier molecular flexibility index (Phi) is 3.12. The average Bonchev–Trinajstić information content (AvgIpc) is 2.15. The van der Waals surface area contributed by atoms with Crippen LogP contribution in [0.4, 0.5) is 5.82 Å². The third-order valence-electron chi connectivity index (χ3n) is 1.10. The van der Waals surface area contributed by atoms with Crippen LogP contribution in [-0.4, -0.2) is 16.5 Å². The van der Waals surface area contributed by atoms with Gasteiger partial charge in [-0.3, -0.25) is 0 Å². The molecule has 0 aliphatic rings. The molecule has 1 heterocycles. The van der Waals surface area contributed by atoms with Gasteiger partial charge in [0.25, 0.3) is 0 Å². The van der Waals surface area contributed by atoms with Crippen molar-refractivity contribution in [2.24, 2.45) is 5.11 Å². The van der Waals surface area contributed by atoms with Crippen molar-refractivity contribution in [3.8, 4) is 11.8 Å². The number of nitrogens with two attached hydrogens (primary N) is 1. The average molecular weight is 174 g/mol. The Morgan fingerprint density at radius 2 is 2.38 bits per heavy atom. The minimum Gasteiger partial charge on any atom is -0.382 e. The fourth-order valence-electron chi connectivity index (χ4n) is 0.600. The highest BCUT2D eigenvalue weighted by Crippen LogP contribution is 1.93. The lowest BCUT2D eigenvalue weighted by molar-refractivity contribution is 1.18. The van der Waals surface area contributed by atoms with Gasteiger partial charge >= 0.3 is 0 Å². The second-order valence-electron chi connectivity index (χ2n) is 2.02. The van der Waals surface area contributed by atoms with Crippen molar-refractivity contribution in [3.63, 3.8) is 0 Å². The maximum atomic E-state index is 7.95. The first-order chi connectivity index (χ1) is 6.33. The number of nitrogens with zero attached hydrogens (tertiary/aromatic N) is 5.